The molecule has 2 rings (SSSR count). The van der Waals surface area contributed by atoms with Crippen molar-refractivity contribution in [2.24, 2.45) is 0 Å². The summed E-state index contributed by atoms with van der Waals surface area (Å²) in [6, 6.07) is 12.8. The lowest BCUT2D eigenvalue weighted by Crippen LogP contribution is -2.04. The van der Waals surface area contributed by atoms with Gasteiger partial charge in [-0.15, -0.1) is 0 Å². The number of hydrogen-bond acceptors (Lipinski definition) is 5. The van der Waals surface area contributed by atoms with Crippen LogP contribution in [0, 0.1) is 10.1 Å². The molecule has 2 aromatic carbocycles. The van der Waals surface area contributed by atoms with Crippen LogP contribution >= 0.6 is 0 Å². The maximum atomic E-state index is 12.3. The number of para-hydroxylation sites is 1. The van der Waals surface area contributed by atoms with Gasteiger partial charge in [-0.1, -0.05) is 18.2 Å². The SMILES string of the molecule is COCOc1ccccc1C(=O)/C=C/c1ccc([N+](=O)[O-])cc1. The molecular formula is C17H15NO5. The smallest absolute Gasteiger partial charge is 0.269 e. The van der Waals surface area contributed by atoms with Gasteiger partial charge in [0.15, 0.2) is 12.6 Å². The Morgan fingerprint density at radius 2 is 1.87 bits per heavy atom. The van der Waals surface area contributed by atoms with Crippen LogP contribution in [0.4, 0.5) is 5.69 Å². The monoisotopic (exact) mass is 313 g/mol. The second-order valence-corrected chi connectivity index (χ2v) is 4.59. The lowest BCUT2D eigenvalue weighted by atomic mass is 10.1. The number of ether oxygens (including phenoxy) is 2. The van der Waals surface area contributed by atoms with E-state index in [-0.39, 0.29) is 18.3 Å². The molecular weight excluding hydrogens is 298 g/mol. The molecule has 6 heteroatoms. The molecule has 0 spiro atoms. The van der Waals surface area contributed by atoms with E-state index >= 15 is 0 Å². The first-order chi connectivity index (χ1) is 11.1. The topological polar surface area (TPSA) is 78.7 Å². The van der Waals surface area contributed by atoms with Crippen molar-refractivity contribution in [2.45, 2.75) is 0 Å². The minimum atomic E-state index is -0.470. The zero-order chi connectivity index (χ0) is 16.7. The molecule has 0 saturated carbocycles. The van der Waals surface area contributed by atoms with Gasteiger partial charge < -0.3 is 9.47 Å². The number of rotatable bonds is 7. The Kier molecular flexibility index (Phi) is 5.60. The molecule has 6 nitrogen and oxygen atoms in total. The van der Waals surface area contributed by atoms with E-state index in [2.05, 4.69) is 0 Å². The number of benzene rings is 2. The van der Waals surface area contributed by atoms with Crippen molar-refractivity contribution in [1.82, 2.24) is 0 Å². The third-order valence-electron chi connectivity index (χ3n) is 3.02. The fourth-order valence-electron chi connectivity index (χ4n) is 1.89. The number of methoxy groups -OCH3 is 1. The summed E-state index contributed by atoms with van der Waals surface area (Å²) in [7, 11) is 1.50. The molecule has 118 valence electrons. The van der Waals surface area contributed by atoms with Gasteiger partial charge in [-0.05, 0) is 35.9 Å². The molecule has 0 atom stereocenters. The van der Waals surface area contributed by atoms with Crippen molar-refractivity contribution in [3.8, 4) is 5.75 Å². The van der Waals surface area contributed by atoms with Crippen molar-refractivity contribution >= 4 is 17.5 Å². The van der Waals surface area contributed by atoms with E-state index in [4.69, 9.17) is 9.47 Å². The number of non-ortho nitro benzene ring substituents is 1. The van der Waals surface area contributed by atoms with E-state index in [0.29, 0.717) is 16.9 Å². The molecule has 0 bridgehead atoms. The molecule has 0 saturated heterocycles. The molecule has 0 aromatic heterocycles. The van der Waals surface area contributed by atoms with Gasteiger partial charge in [-0.3, -0.25) is 14.9 Å². The molecule has 0 radical (unpaired) electrons. The van der Waals surface area contributed by atoms with Crippen LogP contribution in [0.25, 0.3) is 6.08 Å². The minimum Gasteiger partial charge on any atom is -0.467 e. The number of nitrogens with zero attached hydrogens (tertiary/aromatic N) is 1. The standard InChI is InChI=1S/C17H15NO5/c1-22-12-23-17-5-3-2-4-15(17)16(19)11-8-13-6-9-14(10-7-13)18(20)21/h2-11H,12H2,1H3/b11-8+. The summed E-state index contributed by atoms with van der Waals surface area (Å²) >= 11 is 0. The summed E-state index contributed by atoms with van der Waals surface area (Å²) in [6.07, 6.45) is 3.00. The highest BCUT2D eigenvalue weighted by molar-refractivity contribution is 6.08. The number of nitro groups is 1. The van der Waals surface area contributed by atoms with Crippen LogP contribution in [0.15, 0.2) is 54.6 Å². The van der Waals surface area contributed by atoms with Gasteiger partial charge in [0.1, 0.15) is 5.75 Å². The van der Waals surface area contributed by atoms with Gasteiger partial charge in [-0.25, -0.2) is 0 Å². The predicted octanol–water partition coefficient (Wildman–Crippen LogP) is 3.47. The third-order valence-corrected chi connectivity index (χ3v) is 3.02. The van der Waals surface area contributed by atoms with Crippen LogP contribution in [0.5, 0.6) is 5.75 Å². The summed E-state index contributed by atoms with van der Waals surface area (Å²) in [6.45, 7) is 0.0519. The van der Waals surface area contributed by atoms with Crippen LogP contribution in [0.3, 0.4) is 0 Å². The fraction of sp³-hybridized carbons (Fsp3) is 0.118. The molecule has 0 aliphatic heterocycles. The lowest BCUT2D eigenvalue weighted by molar-refractivity contribution is -0.384. The van der Waals surface area contributed by atoms with Crippen molar-refractivity contribution in [3.05, 3.63) is 75.8 Å². The highest BCUT2D eigenvalue weighted by atomic mass is 16.7. The normalized spacial score (nSPS) is 10.7. The molecule has 0 aliphatic carbocycles. The maximum Gasteiger partial charge on any atom is 0.269 e. The summed E-state index contributed by atoms with van der Waals surface area (Å²) in [5.41, 5.74) is 1.12. The number of carbonyl (C=O) groups is 1. The third kappa shape index (κ3) is 4.49. The number of hydrogen-bond donors (Lipinski definition) is 0. The molecule has 0 fully saturated rings. The highest BCUT2D eigenvalue weighted by Gasteiger charge is 2.09. The minimum absolute atomic E-state index is 0.00628. The Morgan fingerprint density at radius 1 is 1.17 bits per heavy atom. The Balaban J connectivity index is 2.13. The second-order valence-electron chi connectivity index (χ2n) is 4.59. The predicted molar refractivity (Wildman–Crippen MR) is 85.4 cm³/mol. The van der Waals surface area contributed by atoms with Crippen molar-refractivity contribution in [2.75, 3.05) is 13.9 Å². The lowest BCUT2D eigenvalue weighted by Gasteiger charge is -2.08. The van der Waals surface area contributed by atoms with E-state index in [0.717, 1.165) is 0 Å². The Bertz CT molecular complexity index is 722. The van der Waals surface area contributed by atoms with Crippen LogP contribution in [0.2, 0.25) is 0 Å². The van der Waals surface area contributed by atoms with E-state index in [1.165, 1.54) is 25.3 Å². The first-order valence-corrected chi connectivity index (χ1v) is 6.79. The van der Waals surface area contributed by atoms with Crippen LogP contribution in [-0.4, -0.2) is 24.6 Å². The summed E-state index contributed by atoms with van der Waals surface area (Å²) in [5, 5.41) is 10.6. The van der Waals surface area contributed by atoms with Gasteiger partial charge in [0.2, 0.25) is 0 Å². The van der Waals surface area contributed by atoms with Crippen LogP contribution in [-0.2, 0) is 4.74 Å². The summed E-state index contributed by atoms with van der Waals surface area (Å²) < 4.78 is 10.2. The zero-order valence-corrected chi connectivity index (χ0v) is 12.5. The van der Waals surface area contributed by atoms with Crippen LogP contribution < -0.4 is 4.74 Å². The molecule has 0 N–H and O–H groups in total. The number of allylic oxidation sites excluding steroid dienone is 1. The molecule has 0 heterocycles. The first kappa shape index (κ1) is 16.4. The molecule has 0 aliphatic rings. The van der Waals surface area contributed by atoms with Gasteiger partial charge in [0, 0.05) is 19.2 Å². The molecule has 2 aromatic rings. The van der Waals surface area contributed by atoms with E-state index < -0.39 is 4.92 Å². The van der Waals surface area contributed by atoms with Crippen molar-refractivity contribution in [1.29, 1.82) is 0 Å². The van der Waals surface area contributed by atoms with Gasteiger partial charge in [0.05, 0.1) is 10.5 Å². The van der Waals surface area contributed by atoms with Gasteiger partial charge in [0.25, 0.3) is 5.69 Å². The van der Waals surface area contributed by atoms with E-state index in [1.54, 1.807) is 42.5 Å². The average Bonchev–Trinajstić information content (AvgIpc) is 2.58. The molecule has 23 heavy (non-hydrogen) atoms. The second kappa shape index (κ2) is 7.86. The molecule has 0 amide bonds. The Labute approximate surface area is 133 Å². The van der Waals surface area contributed by atoms with Gasteiger partial charge >= 0.3 is 0 Å². The van der Waals surface area contributed by atoms with Crippen molar-refractivity contribution in [3.63, 3.8) is 0 Å². The van der Waals surface area contributed by atoms with E-state index in [1.807, 2.05) is 0 Å². The highest BCUT2D eigenvalue weighted by Crippen LogP contribution is 2.20. The molecule has 0 unspecified atom stereocenters. The first-order valence-electron chi connectivity index (χ1n) is 6.79. The van der Waals surface area contributed by atoms with E-state index in [9.17, 15) is 14.9 Å². The average molecular weight is 313 g/mol. The Hall–Kier alpha value is -2.99. The number of nitro benzene ring substituents is 1. The maximum absolute atomic E-state index is 12.3. The van der Waals surface area contributed by atoms with Crippen molar-refractivity contribution < 1.29 is 19.2 Å². The fourth-order valence-corrected chi connectivity index (χ4v) is 1.89. The summed E-state index contributed by atoms with van der Waals surface area (Å²) in [5.74, 6) is 0.211. The van der Waals surface area contributed by atoms with Crippen LogP contribution in [0.1, 0.15) is 15.9 Å². The quantitative estimate of drug-likeness (QED) is 0.257. The zero-order valence-electron chi connectivity index (χ0n) is 12.5. The van der Waals surface area contributed by atoms with Gasteiger partial charge in [-0.2, -0.15) is 0 Å². The number of carbonyl (C=O) groups excluding carboxylic acids is 1. The largest absolute Gasteiger partial charge is 0.467 e. The summed E-state index contributed by atoms with van der Waals surface area (Å²) in [4.78, 5) is 22.4. The Morgan fingerprint density at radius 3 is 2.52 bits per heavy atom. The number of ketones is 1.